The molecule has 0 bridgehead atoms. The Morgan fingerprint density at radius 3 is 2.74 bits per heavy atom. The molecule has 3 rings (SSSR count). The molecule has 2 heterocycles. The van der Waals surface area contributed by atoms with Gasteiger partial charge < -0.3 is 5.32 Å². The lowest BCUT2D eigenvalue weighted by Crippen LogP contribution is -2.26. The van der Waals surface area contributed by atoms with Crippen molar-refractivity contribution in [2.24, 2.45) is 0 Å². The summed E-state index contributed by atoms with van der Waals surface area (Å²) in [5, 5.41) is 10.4. The number of carbonyl (C=O) groups excluding carboxylic acids is 1. The Morgan fingerprint density at radius 1 is 1.26 bits per heavy atom. The van der Waals surface area contributed by atoms with Crippen LogP contribution in [0.5, 0.6) is 0 Å². The van der Waals surface area contributed by atoms with E-state index in [4.69, 9.17) is 0 Å². The topological polar surface area (TPSA) is 59.8 Å². The number of rotatable bonds is 5. The molecule has 0 saturated carbocycles. The van der Waals surface area contributed by atoms with E-state index >= 15 is 0 Å². The smallest absolute Gasteiger partial charge is 0.271 e. The van der Waals surface area contributed by atoms with E-state index in [0.717, 1.165) is 28.5 Å². The molecule has 0 aliphatic heterocycles. The summed E-state index contributed by atoms with van der Waals surface area (Å²) < 4.78 is 1.78. The van der Waals surface area contributed by atoms with Crippen LogP contribution in [0.4, 0.5) is 0 Å². The number of para-hydroxylation sites is 1. The van der Waals surface area contributed by atoms with E-state index in [1.807, 2.05) is 49.6 Å². The molecule has 0 fully saturated rings. The molecule has 0 aliphatic carbocycles. The highest BCUT2D eigenvalue weighted by Crippen LogP contribution is 2.12. The highest BCUT2D eigenvalue weighted by atomic mass is 32.1. The molecule has 0 atom stereocenters. The summed E-state index contributed by atoms with van der Waals surface area (Å²) in [4.78, 5) is 16.6. The quantitative estimate of drug-likeness (QED) is 0.784. The third kappa shape index (κ3) is 3.65. The van der Waals surface area contributed by atoms with Gasteiger partial charge >= 0.3 is 0 Å². The first-order valence-corrected chi connectivity index (χ1v) is 8.33. The van der Waals surface area contributed by atoms with E-state index in [1.54, 1.807) is 22.1 Å². The molecule has 1 amide bonds. The van der Waals surface area contributed by atoms with Gasteiger partial charge in [0, 0.05) is 24.0 Å². The monoisotopic (exact) mass is 326 g/mol. The lowest BCUT2D eigenvalue weighted by Gasteiger charge is -2.03. The predicted molar refractivity (Wildman–Crippen MR) is 91.2 cm³/mol. The maximum absolute atomic E-state index is 12.2. The molecule has 0 radical (unpaired) electrons. The summed E-state index contributed by atoms with van der Waals surface area (Å²) in [5.74, 6) is -0.158. The van der Waals surface area contributed by atoms with Crippen LogP contribution in [0.25, 0.3) is 5.69 Å². The first-order valence-electron chi connectivity index (χ1n) is 7.45. The number of benzene rings is 1. The Labute approximate surface area is 139 Å². The zero-order chi connectivity index (χ0) is 16.2. The molecule has 2 aromatic heterocycles. The van der Waals surface area contributed by atoms with E-state index in [1.165, 1.54) is 0 Å². The Morgan fingerprint density at radius 2 is 2.04 bits per heavy atom. The summed E-state index contributed by atoms with van der Waals surface area (Å²) >= 11 is 1.62. The van der Waals surface area contributed by atoms with Crippen LogP contribution in [0, 0.1) is 13.8 Å². The van der Waals surface area contributed by atoms with Crippen molar-refractivity contribution in [1.29, 1.82) is 0 Å². The van der Waals surface area contributed by atoms with Gasteiger partial charge in [-0.15, -0.1) is 11.3 Å². The summed E-state index contributed by atoms with van der Waals surface area (Å²) in [5.41, 5.74) is 3.32. The number of aryl methyl sites for hydroxylation is 2. The van der Waals surface area contributed by atoms with Crippen LogP contribution in [-0.4, -0.2) is 27.2 Å². The standard InChI is InChI=1S/C17H18N4OS/c1-12-10-16(20-21(12)15-6-4-3-5-7-15)17(22)18-9-8-14-11-23-13(2)19-14/h3-7,10-11H,8-9H2,1-2H3,(H,18,22). The van der Waals surface area contributed by atoms with Crippen LogP contribution in [-0.2, 0) is 6.42 Å². The van der Waals surface area contributed by atoms with Gasteiger partial charge in [0.15, 0.2) is 5.69 Å². The fourth-order valence-corrected chi connectivity index (χ4v) is 2.98. The number of amides is 1. The SMILES string of the molecule is Cc1nc(CCNC(=O)c2cc(C)n(-c3ccccc3)n2)cs1. The van der Waals surface area contributed by atoms with Gasteiger partial charge in [0.2, 0.25) is 0 Å². The lowest BCUT2D eigenvalue weighted by molar-refractivity contribution is 0.0948. The molecular weight excluding hydrogens is 308 g/mol. The molecule has 5 nitrogen and oxygen atoms in total. The molecule has 0 aliphatic rings. The first-order chi connectivity index (χ1) is 11.1. The molecular formula is C17H18N4OS. The number of aromatic nitrogens is 3. The second kappa shape index (κ2) is 6.75. The second-order valence-corrected chi connectivity index (χ2v) is 6.34. The maximum Gasteiger partial charge on any atom is 0.271 e. The van der Waals surface area contributed by atoms with Crippen LogP contribution in [0.2, 0.25) is 0 Å². The van der Waals surface area contributed by atoms with Gasteiger partial charge in [-0.05, 0) is 32.0 Å². The fourth-order valence-electron chi connectivity index (χ4n) is 2.33. The Balaban J connectivity index is 1.64. The van der Waals surface area contributed by atoms with E-state index in [9.17, 15) is 4.79 Å². The van der Waals surface area contributed by atoms with Gasteiger partial charge in [0.1, 0.15) is 0 Å². The Kier molecular flexibility index (Phi) is 4.52. The average Bonchev–Trinajstić information content (AvgIpc) is 3.14. The van der Waals surface area contributed by atoms with Crippen molar-refractivity contribution in [1.82, 2.24) is 20.1 Å². The highest BCUT2D eigenvalue weighted by molar-refractivity contribution is 7.09. The van der Waals surface area contributed by atoms with E-state index < -0.39 is 0 Å². The zero-order valence-electron chi connectivity index (χ0n) is 13.1. The molecule has 0 saturated heterocycles. The number of hydrogen-bond acceptors (Lipinski definition) is 4. The summed E-state index contributed by atoms with van der Waals surface area (Å²) in [7, 11) is 0. The number of nitrogens with one attached hydrogen (secondary N) is 1. The molecule has 1 N–H and O–H groups in total. The maximum atomic E-state index is 12.2. The van der Waals surface area contributed by atoms with Gasteiger partial charge in [-0.3, -0.25) is 4.79 Å². The van der Waals surface area contributed by atoms with Crippen molar-refractivity contribution in [2.75, 3.05) is 6.54 Å². The van der Waals surface area contributed by atoms with Crippen LogP contribution in [0.3, 0.4) is 0 Å². The van der Waals surface area contributed by atoms with Gasteiger partial charge in [0.25, 0.3) is 5.91 Å². The second-order valence-electron chi connectivity index (χ2n) is 5.28. The zero-order valence-corrected chi connectivity index (χ0v) is 13.9. The predicted octanol–water partition coefficient (Wildman–Crippen LogP) is 2.92. The number of nitrogens with zero attached hydrogens (tertiary/aromatic N) is 3. The van der Waals surface area contributed by atoms with Crippen molar-refractivity contribution >= 4 is 17.2 Å². The largest absolute Gasteiger partial charge is 0.350 e. The van der Waals surface area contributed by atoms with Crippen LogP contribution in [0.1, 0.15) is 26.9 Å². The molecule has 118 valence electrons. The summed E-state index contributed by atoms with van der Waals surface area (Å²) in [6, 6.07) is 11.6. The van der Waals surface area contributed by atoms with Crippen molar-refractivity contribution in [3.05, 3.63) is 63.9 Å². The Bertz CT molecular complexity index is 807. The third-order valence-electron chi connectivity index (χ3n) is 3.45. The van der Waals surface area contributed by atoms with Gasteiger partial charge in [-0.25, -0.2) is 9.67 Å². The lowest BCUT2D eigenvalue weighted by atomic mass is 10.3. The minimum absolute atomic E-state index is 0.158. The normalized spacial score (nSPS) is 10.7. The van der Waals surface area contributed by atoms with E-state index in [0.29, 0.717) is 12.2 Å². The fraction of sp³-hybridized carbons (Fsp3) is 0.235. The minimum atomic E-state index is -0.158. The van der Waals surface area contributed by atoms with E-state index in [-0.39, 0.29) is 5.91 Å². The summed E-state index contributed by atoms with van der Waals surface area (Å²) in [6.45, 7) is 4.47. The van der Waals surface area contributed by atoms with Gasteiger partial charge in [-0.1, -0.05) is 18.2 Å². The van der Waals surface area contributed by atoms with Crippen molar-refractivity contribution in [2.45, 2.75) is 20.3 Å². The molecule has 6 heteroatoms. The first kappa shape index (κ1) is 15.4. The Hall–Kier alpha value is -2.47. The molecule has 0 unspecified atom stereocenters. The van der Waals surface area contributed by atoms with Gasteiger partial charge in [-0.2, -0.15) is 5.10 Å². The highest BCUT2D eigenvalue weighted by Gasteiger charge is 2.13. The third-order valence-corrected chi connectivity index (χ3v) is 4.28. The summed E-state index contributed by atoms with van der Waals surface area (Å²) in [6.07, 6.45) is 0.731. The van der Waals surface area contributed by atoms with Crippen molar-refractivity contribution < 1.29 is 4.79 Å². The number of thiazole rings is 1. The number of hydrogen-bond donors (Lipinski definition) is 1. The molecule has 23 heavy (non-hydrogen) atoms. The molecule has 3 aromatic rings. The van der Waals surface area contributed by atoms with Crippen LogP contribution < -0.4 is 5.32 Å². The minimum Gasteiger partial charge on any atom is -0.350 e. The van der Waals surface area contributed by atoms with Crippen LogP contribution >= 0.6 is 11.3 Å². The van der Waals surface area contributed by atoms with Crippen molar-refractivity contribution in [3.8, 4) is 5.69 Å². The molecule has 0 spiro atoms. The van der Waals surface area contributed by atoms with Crippen LogP contribution in [0.15, 0.2) is 41.8 Å². The number of carbonyl (C=O) groups is 1. The van der Waals surface area contributed by atoms with Gasteiger partial charge in [0.05, 0.1) is 16.4 Å². The van der Waals surface area contributed by atoms with Crippen molar-refractivity contribution in [3.63, 3.8) is 0 Å². The average molecular weight is 326 g/mol. The van der Waals surface area contributed by atoms with E-state index in [2.05, 4.69) is 15.4 Å². The molecule has 1 aromatic carbocycles.